The van der Waals surface area contributed by atoms with Crippen LogP contribution in [0.25, 0.3) is 0 Å². The minimum Gasteiger partial charge on any atom is -0.507 e. The van der Waals surface area contributed by atoms with Crippen molar-refractivity contribution < 1.29 is 14.7 Å². The van der Waals surface area contributed by atoms with E-state index in [1.807, 2.05) is 19.1 Å². The van der Waals surface area contributed by atoms with E-state index in [1.54, 1.807) is 42.5 Å². The van der Waals surface area contributed by atoms with Gasteiger partial charge in [0, 0.05) is 11.4 Å². The van der Waals surface area contributed by atoms with E-state index in [9.17, 15) is 14.7 Å². The molecule has 0 aliphatic rings. The van der Waals surface area contributed by atoms with Crippen molar-refractivity contribution in [2.24, 2.45) is 0 Å². The third-order valence-electron chi connectivity index (χ3n) is 4.01. The lowest BCUT2D eigenvalue weighted by Gasteiger charge is -2.12. The fourth-order valence-electron chi connectivity index (χ4n) is 2.57. The number of hydrogen-bond acceptors (Lipinski definition) is 3. The third kappa shape index (κ3) is 4.61. The maximum absolute atomic E-state index is 12.2. The molecule has 0 aliphatic heterocycles. The van der Waals surface area contributed by atoms with Gasteiger partial charge in [0.1, 0.15) is 5.75 Å². The third-order valence-corrected chi connectivity index (χ3v) is 4.32. The zero-order chi connectivity index (χ0) is 20.1. The molecule has 142 valence electrons. The summed E-state index contributed by atoms with van der Waals surface area (Å²) in [6, 6.07) is 17.8. The molecule has 6 nitrogen and oxygen atoms in total. The lowest BCUT2D eigenvalue weighted by atomic mass is 10.2. The number of urea groups is 1. The van der Waals surface area contributed by atoms with Gasteiger partial charge < -0.3 is 21.1 Å². The maximum Gasteiger partial charge on any atom is 0.323 e. The number of benzene rings is 3. The van der Waals surface area contributed by atoms with Crippen LogP contribution in [0.1, 0.15) is 15.9 Å². The quantitative estimate of drug-likeness (QED) is 0.486. The van der Waals surface area contributed by atoms with Crippen LogP contribution in [0.5, 0.6) is 5.75 Å². The van der Waals surface area contributed by atoms with Gasteiger partial charge in [0.2, 0.25) is 0 Å². The number of nitrogens with one attached hydrogen (secondary N) is 3. The van der Waals surface area contributed by atoms with Crippen molar-refractivity contribution in [2.45, 2.75) is 6.92 Å². The molecule has 0 saturated carbocycles. The average molecular weight is 396 g/mol. The number of halogens is 1. The lowest BCUT2D eigenvalue weighted by molar-refractivity contribution is 0.102. The molecule has 0 bridgehead atoms. The Morgan fingerprint density at radius 3 is 2.11 bits per heavy atom. The summed E-state index contributed by atoms with van der Waals surface area (Å²) in [5.41, 5.74) is 2.65. The Bertz CT molecular complexity index is 999. The molecular formula is C21H18ClN3O3. The standard InChI is InChI=1S/C21H18ClN3O3/c1-13-5-4-7-17(22)19(13)25-21(28)24-15-11-9-14(10-12-15)23-20(27)16-6-2-3-8-18(16)26/h2-12,26H,1H3,(H,23,27)(H2,24,25,28). The molecule has 4 N–H and O–H groups in total. The zero-order valence-electron chi connectivity index (χ0n) is 15.0. The van der Waals surface area contributed by atoms with E-state index < -0.39 is 11.9 Å². The first-order valence-electron chi connectivity index (χ1n) is 8.46. The van der Waals surface area contributed by atoms with Crippen LogP contribution in [0.3, 0.4) is 0 Å². The van der Waals surface area contributed by atoms with Gasteiger partial charge in [0.15, 0.2) is 0 Å². The molecule has 0 unspecified atom stereocenters. The highest BCUT2D eigenvalue weighted by atomic mass is 35.5. The van der Waals surface area contributed by atoms with Crippen LogP contribution >= 0.6 is 11.6 Å². The van der Waals surface area contributed by atoms with Gasteiger partial charge in [-0.05, 0) is 55.0 Å². The minimum absolute atomic E-state index is 0.0928. The van der Waals surface area contributed by atoms with Gasteiger partial charge in [-0.25, -0.2) is 4.79 Å². The van der Waals surface area contributed by atoms with E-state index >= 15 is 0 Å². The molecule has 0 fully saturated rings. The van der Waals surface area contributed by atoms with E-state index in [-0.39, 0.29) is 11.3 Å². The molecule has 28 heavy (non-hydrogen) atoms. The second-order valence-electron chi connectivity index (χ2n) is 6.06. The Kier molecular flexibility index (Phi) is 5.81. The lowest BCUT2D eigenvalue weighted by Crippen LogP contribution is -2.20. The van der Waals surface area contributed by atoms with Gasteiger partial charge in [0.25, 0.3) is 5.91 Å². The number of carbonyl (C=O) groups excluding carboxylic acids is 2. The number of hydrogen-bond donors (Lipinski definition) is 4. The number of carbonyl (C=O) groups is 2. The molecule has 0 heterocycles. The topological polar surface area (TPSA) is 90.5 Å². The van der Waals surface area contributed by atoms with E-state index in [4.69, 9.17) is 11.6 Å². The van der Waals surface area contributed by atoms with Crippen LogP contribution in [0.2, 0.25) is 5.02 Å². The maximum atomic E-state index is 12.2. The number of phenols is 1. The van der Waals surface area contributed by atoms with Crippen molar-refractivity contribution in [3.63, 3.8) is 0 Å². The fourth-order valence-corrected chi connectivity index (χ4v) is 2.84. The number of rotatable bonds is 4. The van der Waals surface area contributed by atoms with Crippen molar-refractivity contribution in [2.75, 3.05) is 16.0 Å². The average Bonchev–Trinajstić information content (AvgIpc) is 2.67. The van der Waals surface area contributed by atoms with Crippen LogP contribution in [0.15, 0.2) is 66.7 Å². The molecule has 3 amide bonds. The number of para-hydroxylation sites is 2. The van der Waals surface area contributed by atoms with Crippen molar-refractivity contribution in [3.8, 4) is 5.75 Å². The Hall–Kier alpha value is -3.51. The molecule has 3 aromatic rings. The number of anilines is 3. The molecule has 0 saturated heterocycles. The molecular weight excluding hydrogens is 378 g/mol. The van der Waals surface area contributed by atoms with E-state index in [1.165, 1.54) is 12.1 Å². The molecule has 0 aliphatic carbocycles. The van der Waals surface area contributed by atoms with Gasteiger partial charge in [0.05, 0.1) is 16.3 Å². The second-order valence-corrected chi connectivity index (χ2v) is 6.47. The SMILES string of the molecule is Cc1cccc(Cl)c1NC(=O)Nc1ccc(NC(=O)c2ccccc2O)cc1. The first-order valence-corrected chi connectivity index (χ1v) is 8.84. The van der Waals surface area contributed by atoms with Gasteiger partial charge in [-0.2, -0.15) is 0 Å². The van der Waals surface area contributed by atoms with Crippen LogP contribution in [-0.4, -0.2) is 17.0 Å². The van der Waals surface area contributed by atoms with Gasteiger partial charge in [-0.15, -0.1) is 0 Å². The highest BCUT2D eigenvalue weighted by Crippen LogP contribution is 2.25. The zero-order valence-corrected chi connectivity index (χ0v) is 15.7. The molecule has 3 rings (SSSR count). The van der Waals surface area contributed by atoms with Crippen LogP contribution < -0.4 is 16.0 Å². The van der Waals surface area contributed by atoms with Crippen LogP contribution in [0.4, 0.5) is 21.9 Å². The van der Waals surface area contributed by atoms with Crippen LogP contribution in [0, 0.1) is 6.92 Å². The predicted octanol–water partition coefficient (Wildman–Crippen LogP) is 5.25. The molecule has 0 atom stereocenters. The first-order chi connectivity index (χ1) is 13.4. The molecule has 3 aromatic carbocycles. The highest BCUT2D eigenvalue weighted by molar-refractivity contribution is 6.34. The summed E-state index contributed by atoms with van der Waals surface area (Å²) in [7, 11) is 0. The summed E-state index contributed by atoms with van der Waals surface area (Å²) in [6.45, 7) is 1.85. The van der Waals surface area contributed by atoms with E-state index in [2.05, 4.69) is 16.0 Å². The fraction of sp³-hybridized carbons (Fsp3) is 0.0476. The minimum atomic E-state index is -0.429. The largest absolute Gasteiger partial charge is 0.507 e. The summed E-state index contributed by atoms with van der Waals surface area (Å²) in [4.78, 5) is 24.4. The molecule has 0 spiro atoms. The van der Waals surface area contributed by atoms with E-state index in [0.717, 1.165) is 5.56 Å². The van der Waals surface area contributed by atoms with Crippen molar-refractivity contribution >= 4 is 40.6 Å². The molecule has 0 aromatic heterocycles. The summed E-state index contributed by atoms with van der Waals surface area (Å²) in [5.74, 6) is -0.518. The van der Waals surface area contributed by atoms with Crippen molar-refractivity contribution in [1.29, 1.82) is 0 Å². The first kappa shape index (κ1) is 19.3. The van der Waals surface area contributed by atoms with Crippen LogP contribution in [-0.2, 0) is 0 Å². The normalized spacial score (nSPS) is 10.2. The van der Waals surface area contributed by atoms with Gasteiger partial charge in [-0.3, -0.25) is 4.79 Å². The number of aromatic hydroxyl groups is 1. The number of aryl methyl sites for hydroxylation is 1. The summed E-state index contributed by atoms with van der Waals surface area (Å²) in [6.07, 6.45) is 0. The van der Waals surface area contributed by atoms with Gasteiger partial charge >= 0.3 is 6.03 Å². The Morgan fingerprint density at radius 2 is 1.46 bits per heavy atom. The number of amides is 3. The summed E-state index contributed by atoms with van der Waals surface area (Å²) < 4.78 is 0. The monoisotopic (exact) mass is 395 g/mol. The van der Waals surface area contributed by atoms with Crippen molar-refractivity contribution in [1.82, 2.24) is 0 Å². The smallest absolute Gasteiger partial charge is 0.323 e. The molecule has 7 heteroatoms. The second kappa shape index (κ2) is 8.45. The highest BCUT2D eigenvalue weighted by Gasteiger charge is 2.11. The predicted molar refractivity (Wildman–Crippen MR) is 111 cm³/mol. The summed E-state index contributed by atoms with van der Waals surface area (Å²) >= 11 is 6.11. The Morgan fingerprint density at radius 1 is 0.821 bits per heavy atom. The summed E-state index contributed by atoms with van der Waals surface area (Å²) in [5, 5.41) is 18.3. The van der Waals surface area contributed by atoms with Crippen molar-refractivity contribution in [3.05, 3.63) is 82.9 Å². The van der Waals surface area contributed by atoms with E-state index in [0.29, 0.717) is 22.1 Å². The molecule has 0 radical (unpaired) electrons. The Balaban J connectivity index is 1.62. The Labute approximate surface area is 167 Å². The van der Waals surface area contributed by atoms with Gasteiger partial charge in [-0.1, -0.05) is 35.9 Å². The number of phenolic OH excluding ortho intramolecular Hbond substituents is 1.